The highest BCUT2D eigenvalue weighted by molar-refractivity contribution is 7.15. The van der Waals surface area contributed by atoms with Gasteiger partial charge < -0.3 is 20.1 Å². The van der Waals surface area contributed by atoms with Crippen molar-refractivity contribution < 1.29 is 19.4 Å². The van der Waals surface area contributed by atoms with Crippen LogP contribution < -0.4 is 5.32 Å². The number of benzene rings is 1. The van der Waals surface area contributed by atoms with E-state index in [4.69, 9.17) is 4.74 Å². The molecule has 1 spiro atoms. The van der Waals surface area contributed by atoms with Gasteiger partial charge in [-0.1, -0.05) is 30.3 Å². The summed E-state index contributed by atoms with van der Waals surface area (Å²) < 4.78 is 5.92. The molecule has 2 amide bonds. The van der Waals surface area contributed by atoms with Crippen molar-refractivity contribution >= 4 is 23.2 Å². The maximum absolute atomic E-state index is 13.7. The van der Waals surface area contributed by atoms with Gasteiger partial charge in [0.25, 0.3) is 5.91 Å². The Kier molecular flexibility index (Phi) is 7.96. The number of nitrogens with zero attached hydrogens (tertiary/aromatic N) is 2. The molecule has 3 fully saturated rings. The van der Waals surface area contributed by atoms with Gasteiger partial charge in [0.1, 0.15) is 0 Å². The van der Waals surface area contributed by atoms with Crippen molar-refractivity contribution in [1.29, 1.82) is 0 Å². The Morgan fingerprint density at radius 3 is 2.55 bits per heavy atom. The van der Waals surface area contributed by atoms with Crippen LogP contribution in [0.15, 0.2) is 36.4 Å². The molecule has 3 saturated heterocycles. The highest BCUT2D eigenvalue weighted by Gasteiger charge is 2.53. The first kappa shape index (κ1) is 27.3. The number of amides is 2. The summed E-state index contributed by atoms with van der Waals surface area (Å²) in [4.78, 5) is 31.8. The van der Waals surface area contributed by atoms with Gasteiger partial charge in [0.05, 0.1) is 11.2 Å². The van der Waals surface area contributed by atoms with Gasteiger partial charge in [-0.15, -0.1) is 11.3 Å². The highest BCUT2D eigenvalue weighted by atomic mass is 32.1. The zero-order valence-electron chi connectivity index (χ0n) is 22.9. The van der Waals surface area contributed by atoms with Crippen LogP contribution in [-0.2, 0) is 16.0 Å². The third-order valence-electron chi connectivity index (χ3n) is 8.46. The van der Waals surface area contributed by atoms with Gasteiger partial charge in [0, 0.05) is 54.3 Å². The lowest BCUT2D eigenvalue weighted by Gasteiger charge is -2.46. The van der Waals surface area contributed by atoms with Gasteiger partial charge in [-0.05, 0) is 70.5 Å². The van der Waals surface area contributed by atoms with E-state index in [0.29, 0.717) is 19.0 Å². The van der Waals surface area contributed by atoms with Crippen molar-refractivity contribution in [1.82, 2.24) is 15.1 Å². The minimum atomic E-state index is -0.699. The molecule has 3 aliphatic heterocycles. The zero-order chi connectivity index (χ0) is 26.9. The molecule has 206 valence electrons. The number of hydrogen-bond acceptors (Lipinski definition) is 6. The quantitative estimate of drug-likeness (QED) is 0.572. The summed E-state index contributed by atoms with van der Waals surface area (Å²) in [7, 11) is 0. The average Bonchev–Trinajstić information content (AvgIpc) is 3.41. The molecule has 1 aromatic heterocycles. The molecule has 0 radical (unpaired) electrons. The van der Waals surface area contributed by atoms with Crippen LogP contribution in [0.3, 0.4) is 0 Å². The van der Waals surface area contributed by atoms with Crippen molar-refractivity contribution in [2.24, 2.45) is 5.41 Å². The van der Waals surface area contributed by atoms with E-state index >= 15 is 0 Å². The van der Waals surface area contributed by atoms with Gasteiger partial charge in [-0.25, -0.2) is 0 Å². The first-order chi connectivity index (χ1) is 18.2. The number of likely N-dealkylation sites (tertiary alicyclic amines) is 2. The molecule has 2 atom stereocenters. The van der Waals surface area contributed by atoms with E-state index in [1.165, 1.54) is 6.92 Å². The van der Waals surface area contributed by atoms with Crippen molar-refractivity contribution in [3.63, 3.8) is 0 Å². The Balaban J connectivity index is 1.25. The Hall–Kier alpha value is -2.26. The Morgan fingerprint density at radius 2 is 1.89 bits per heavy atom. The van der Waals surface area contributed by atoms with Crippen molar-refractivity contribution in [3.8, 4) is 10.4 Å². The van der Waals surface area contributed by atoms with Crippen LogP contribution in [0.1, 0.15) is 68.1 Å². The number of carbonyl (C=O) groups is 2. The third kappa shape index (κ3) is 5.83. The summed E-state index contributed by atoms with van der Waals surface area (Å²) in [5, 5.41) is 13.6. The number of nitrogens with one attached hydrogen (secondary N) is 1. The number of rotatable bonds is 6. The van der Waals surface area contributed by atoms with E-state index in [-0.39, 0.29) is 22.8 Å². The molecule has 0 saturated carbocycles. The van der Waals surface area contributed by atoms with E-state index in [2.05, 4.69) is 36.2 Å². The van der Waals surface area contributed by atoms with Gasteiger partial charge >= 0.3 is 0 Å². The molecule has 8 heteroatoms. The maximum atomic E-state index is 13.7. The number of carbonyl (C=O) groups excluding carboxylic acids is 2. The Labute approximate surface area is 230 Å². The molecule has 3 aliphatic rings. The molecular weight excluding hydrogens is 498 g/mol. The normalized spacial score (nSPS) is 26.1. The second-order valence-electron chi connectivity index (χ2n) is 11.9. The minimum absolute atomic E-state index is 0.0560. The molecule has 2 unspecified atom stereocenters. The number of ether oxygens (including phenoxy) is 1. The van der Waals surface area contributed by atoms with Crippen LogP contribution in [0.5, 0.6) is 0 Å². The van der Waals surface area contributed by atoms with E-state index in [0.717, 1.165) is 79.2 Å². The number of hydrogen-bond donors (Lipinski definition) is 2. The van der Waals surface area contributed by atoms with Crippen LogP contribution in [-0.4, -0.2) is 77.4 Å². The van der Waals surface area contributed by atoms with Crippen LogP contribution >= 0.6 is 11.3 Å². The second kappa shape index (κ2) is 11.1. The van der Waals surface area contributed by atoms with Gasteiger partial charge in [-0.3, -0.25) is 14.5 Å². The number of piperidine rings is 2. The predicted molar refractivity (Wildman–Crippen MR) is 150 cm³/mol. The number of aliphatic hydroxyl groups is 1. The van der Waals surface area contributed by atoms with Gasteiger partial charge in [0.15, 0.2) is 6.29 Å². The molecule has 4 heterocycles. The van der Waals surface area contributed by atoms with Crippen molar-refractivity contribution in [3.05, 3.63) is 46.8 Å². The lowest BCUT2D eigenvalue weighted by molar-refractivity contribution is -0.168. The van der Waals surface area contributed by atoms with Crippen molar-refractivity contribution in [2.75, 3.05) is 32.7 Å². The topological polar surface area (TPSA) is 82.1 Å². The monoisotopic (exact) mass is 539 g/mol. The largest absolute Gasteiger partial charge is 0.367 e. The average molecular weight is 540 g/mol. The fourth-order valence-electron chi connectivity index (χ4n) is 6.75. The summed E-state index contributed by atoms with van der Waals surface area (Å²) in [5.74, 6) is 0.0377. The highest BCUT2D eigenvalue weighted by Crippen LogP contribution is 2.49. The van der Waals surface area contributed by atoms with E-state index in [9.17, 15) is 14.7 Å². The minimum Gasteiger partial charge on any atom is -0.367 e. The number of aliphatic hydroxyl groups excluding tert-OH is 1. The molecule has 2 aromatic rings. The first-order valence-corrected chi connectivity index (χ1v) is 14.8. The summed E-state index contributed by atoms with van der Waals surface area (Å²) in [6.07, 6.45) is 4.80. The maximum Gasteiger partial charge on any atom is 0.255 e. The van der Waals surface area contributed by atoms with Crippen LogP contribution in [0, 0.1) is 5.41 Å². The fourth-order valence-corrected chi connectivity index (χ4v) is 7.91. The van der Waals surface area contributed by atoms with Crippen LogP contribution in [0.25, 0.3) is 10.4 Å². The summed E-state index contributed by atoms with van der Waals surface area (Å²) in [6.45, 7) is 9.58. The molecule has 2 N–H and O–H groups in total. The molecule has 5 rings (SSSR count). The van der Waals surface area contributed by atoms with E-state index < -0.39 is 6.29 Å². The summed E-state index contributed by atoms with van der Waals surface area (Å²) >= 11 is 1.65. The van der Waals surface area contributed by atoms with Crippen LogP contribution in [0.2, 0.25) is 0 Å². The second-order valence-corrected chi connectivity index (χ2v) is 13.0. The summed E-state index contributed by atoms with van der Waals surface area (Å²) in [6, 6.07) is 12.6. The lowest BCUT2D eigenvalue weighted by Crippen LogP contribution is -2.54. The Morgan fingerprint density at radius 1 is 1.16 bits per heavy atom. The molecule has 0 aliphatic carbocycles. The van der Waals surface area contributed by atoms with E-state index in [1.54, 1.807) is 11.3 Å². The number of thiophene rings is 1. The Bertz CT molecular complexity index is 1140. The van der Waals surface area contributed by atoms with Gasteiger partial charge in [0.2, 0.25) is 5.91 Å². The molecule has 38 heavy (non-hydrogen) atoms. The van der Waals surface area contributed by atoms with E-state index in [1.807, 2.05) is 29.2 Å². The zero-order valence-corrected chi connectivity index (χ0v) is 23.7. The smallest absolute Gasteiger partial charge is 0.255 e. The predicted octanol–water partition coefficient (Wildman–Crippen LogP) is 4.30. The van der Waals surface area contributed by atoms with Gasteiger partial charge in [-0.2, -0.15) is 0 Å². The molecule has 7 nitrogen and oxygen atoms in total. The standard InChI is InChI=1S/C30H41N3O4S/c1-21(34)31-14-10-25-24(18-26(38-25)22-8-5-4-6-9-22)27(35)32-16-11-23(12-17-32)33-15-7-13-30(20-33)19-29(2,3)37-28(30)36/h4-6,8-9,18,23,28,36H,7,10-17,19-20H2,1-3H3,(H,31,34). The molecule has 0 bridgehead atoms. The van der Waals surface area contributed by atoms with Crippen LogP contribution in [0.4, 0.5) is 0 Å². The SMILES string of the molecule is CC(=O)NCCc1sc(-c2ccccc2)cc1C(=O)N1CCC(N2CCCC3(C2)CC(C)(C)OC3O)CC1. The lowest BCUT2D eigenvalue weighted by atomic mass is 9.74. The summed E-state index contributed by atoms with van der Waals surface area (Å²) in [5.41, 5.74) is 1.41. The van der Waals surface area contributed by atoms with Crippen molar-refractivity contribution in [2.45, 2.75) is 77.2 Å². The first-order valence-electron chi connectivity index (χ1n) is 14.0. The third-order valence-corrected chi connectivity index (χ3v) is 9.71. The fraction of sp³-hybridized carbons (Fsp3) is 0.600. The molecular formula is C30H41N3O4S. The molecule has 1 aromatic carbocycles.